The molecule has 5 heteroatoms. The molecule has 2 N–H and O–H groups in total. The van der Waals surface area contributed by atoms with Crippen LogP contribution in [-0.4, -0.2) is 30.6 Å². The zero-order chi connectivity index (χ0) is 15.3. The highest BCUT2D eigenvalue weighted by atomic mass is 16.5. The minimum Gasteiger partial charge on any atom is -0.496 e. The summed E-state index contributed by atoms with van der Waals surface area (Å²) in [4.78, 5) is 23.1. The topological polar surface area (TPSA) is 75.6 Å². The summed E-state index contributed by atoms with van der Waals surface area (Å²) >= 11 is 0. The highest BCUT2D eigenvalue weighted by Gasteiger charge is 2.44. The Morgan fingerprint density at radius 3 is 2.62 bits per heavy atom. The first-order chi connectivity index (χ1) is 10.1. The highest BCUT2D eigenvalue weighted by molar-refractivity contribution is 5.79. The van der Waals surface area contributed by atoms with Crippen LogP contribution in [0.5, 0.6) is 5.75 Å². The van der Waals surface area contributed by atoms with E-state index in [1.807, 2.05) is 24.3 Å². The van der Waals surface area contributed by atoms with Gasteiger partial charge in [0, 0.05) is 13.0 Å². The van der Waals surface area contributed by atoms with Gasteiger partial charge in [-0.05, 0) is 30.9 Å². The second-order valence-electron chi connectivity index (χ2n) is 5.53. The summed E-state index contributed by atoms with van der Waals surface area (Å²) in [6.45, 7) is 0.229. The van der Waals surface area contributed by atoms with E-state index in [0.717, 1.165) is 17.7 Å². The lowest BCUT2D eigenvalue weighted by atomic mass is 9.69. The number of para-hydroxylation sites is 1. The largest absolute Gasteiger partial charge is 0.496 e. The Labute approximate surface area is 124 Å². The number of amides is 1. The van der Waals surface area contributed by atoms with Crippen molar-refractivity contribution in [2.75, 3.05) is 13.7 Å². The molecule has 1 aliphatic carbocycles. The first-order valence-corrected chi connectivity index (χ1v) is 7.19. The summed E-state index contributed by atoms with van der Waals surface area (Å²) in [6, 6.07) is 7.58. The van der Waals surface area contributed by atoms with Gasteiger partial charge in [0.25, 0.3) is 0 Å². The zero-order valence-corrected chi connectivity index (χ0v) is 12.2. The van der Waals surface area contributed by atoms with Crippen molar-refractivity contribution in [3.63, 3.8) is 0 Å². The number of aliphatic carboxylic acids is 1. The molecule has 1 fully saturated rings. The third-order valence-corrected chi connectivity index (χ3v) is 4.20. The minimum atomic E-state index is -0.807. The maximum absolute atomic E-state index is 11.9. The molecular weight excluding hydrogens is 270 g/mol. The summed E-state index contributed by atoms with van der Waals surface area (Å²) in [7, 11) is 1.60. The quantitative estimate of drug-likeness (QED) is 0.805. The van der Waals surface area contributed by atoms with Crippen molar-refractivity contribution < 1.29 is 19.4 Å². The second-order valence-corrected chi connectivity index (χ2v) is 5.53. The lowest BCUT2D eigenvalue weighted by Crippen LogP contribution is -2.47. The van der Waals surface area contributed by atoms with Gasteiger partial charge < -0.3 is 15.2 Å². The summed E-state index contributed by atoms with van der Waals surface area (Å²) in [5, 5.41) is 12.0. The molecule has 0 unspecified atom stereocenters. The average Bonchev–Trinajstić information content (AvgIpc) is 2.43. The minimum absolute atomic E-state index is 0.117. The average molecular weight is 291 g/mol. The Hall–Kier alpha value is -2.04. The number of ether oxygens (including phenoxy) is 1. The molecule has 0 aromatic heterocycles. The maximum Gasteiger partial charge on any atom is 0.311 e. The van der Waals surface area contributed by atoms with E-state index in [1.54, 1.807) is 7.11 Å². The second kappa shape index (κ2) is 6.61. The number of methoxy groups -OCH3 is 1. The SMILES string of the molecule is COc1ccccc1CCC(=O)NCC1(C(=O)O)CCC1. The van der Waals surface area contributed by atoms with Crippen molar-refractivity contribution in [3.8, 4) is 5.75 Å². The number of aryl methyl sites for hydroxylation is 1. The molecule has 114 valence electrons. The van der Waals surface area contributed by atoms with E-state index in [2.05, 4.69) is 5.32 Å². The van der Waals surface area contributed by atoms with E-state index in [4.69, 9.17) is 4.74 Å². The molecule has 21 heavy (non-hydrogen) atoms. The monoisotopic (exact) mass is 291 g/mol. The van der Waals surface area contributed by atoms with E-state index in [1.165, 1.54) is 0 Å². The third kappa shape index (κ3) is 3.54. The molecule has 1 aliphatic rings. The van der Waals surface area contributed by atoms with E-state index < -0.39 is 11.4 Å². The Kier molecular flexibility index (Phi) is 4.83. The molecular formula is C16H21NO4. The van der Waals surface area contributed by atoms with E-state index >= 15 is 0 Å². The molecule has 0 saturated heterocycles. The predicted octanol–water partition coefficient (Wildman–Crippen LogP) is 2.00. The van der Waals surface area contributed by atoms with Crippen LogP contribution in [0.3, 0.4) is 0 Å². The van der Waals surface area contributed by atoms with Crippen molar-refractivity contribution in [1.29, 1.82) is 0 Å². The molecule has 1 aromatic carbocycles. The van der Waals surface area contributed by atoms with Crippen LogP contribution in [0.15, 0.2) is 24.3 Å². The Morgan fingerprint density at radius 1 is 1.33 bits per heavy atom. The summed E-state index contributed by atoms with van der Waals surface area (Å²) in [6.07, 6.45) is 3.12. The number of benzene rings is 1. The molecule has 0 heterocycles. The van der Waals surface area contributed by atoms with Gasteiger partial charge in [-0.1, -0.05) is 24.6 Å². The lowest BCUT2D eigenvalue weighted by Gasteiger charge is -2.37. The van der Waals surface area contributed by atoms with E-state index in [9.17, 15) is 14.7 Å². The van der Waals surface area contributed by atoms with E-state index in [-0.39, 0.29) is 12.5 Å². The summed E-state index contributed by atoms with van der Waals surface area (Å²) < 4.78 is 5.24. The van der Waals surface area contributed by atoms with Crippen LogP contribution in [-0.2, 0) is 16.0 Å². The lowest BCUT2D eigenvalue weighted by molar-refractivity contribution is -0.154. The zero-order valence-electron chi connectivity index (χ0n) is 12.2. The fourth-order valence-corrected chi connectivity index (χ4v) is 2.58. The van der Waals surface area contributed by atoms with Crippen LogP contribution in [0.1, 0.15) is 31.2 Å². The van der Waals surface area contributed by atoms with Gasteiger partial charge in [-0.2, -0.15) is 0 Å². The molecule has 0 spiro atoms. The smallest absolute Gasteiger partial charge is 0.311 e. The van der Waals surface area contributed by atoms with Crippen molar-refractivity contribution in [3.05, 3.63) is 29.8 Å². The van der Waals surface area contributed by atoms with Crippen molar-refractivity contribution in [2.24, 2.45) is 5.41 Å². The number of hydrogen-bond acceptors (Lipinski definition) is 3. The fourth-order valence-electron chi connectivity index (χ4n) is 2.58. The molecule has 0 aliphatic heterocycles. The van der Waals surface area contributed by atoms with E-state index in [0.29, 0.717) is 25.7 Å². The van der Waals surface area contributed by atoms with Gasteiger partial charge >= 0.3 is 5.97 Å². The van der Waals surface area contributed by atoms with Crippen LogP contribution >= 0.6 is 0 Å². The molecule has 1 amide bonds. The fraction of sp³-hybridized carbons (Fsp3) is 0.500. The number of carboxylic acid groups (broad SMARTS) is 1. The molecule has 0 atom stereocenters. The van der Waals surface area contributed by atoms with Crippen LogP contribution in [0.4, 0.5) is 0 Å². The molecule has 2 rings (SSSR count). The molecule has 1 saturated carbocycles. The molecule has 0 radical (unpaired) electrons. The highest BCUT2D eigenvalue weighted by Crippen LogP contribution is 2.40. The summed E-state index contributed by atoms with van der Waals surface area (Å²) in [5.74, 6) is -0.154. The van der Waals surface area contributed by atoms with Crippen LogP contribution in [0.2, 0.25) is 0 Å². The van der Waals surface area contributed by atoms with Crippen molar-refractivity contribution in [1.82, 2.24) is 5.32 Å². The van der Waals surface area contributed by atoms with Crippen molar-refractivity contribution in [2.45, 2.75) is 32.1 Å². The standard InChI is InChI=1S/C16H21NO4/c1-21-13-6-3-2-5-12(13)7-8-14(18)17-11-16(15(19)20)9-4-10-16/h2-3,5-6H,4,7-11H2,1H3,(H,17,18)(H,19,20). The Bertz CT molecular complexity index is 523. The predicted molar refractivity (Wildman–Crippen MR) is 78.2 cm³/mol. The molecule has 0 bridgehead atoms. The van der Waals surface area contributed by atoms with Gasteiger partial charge in [-0.25, -0.2) is 0 Å². The number of rotatable bonds is 7. The molecule has 1 aromatic rings. The Morgan fingerprint density at radius 2 is 2.05 bits per heavy atom. The van der Waals surface area contributed by atoms with Crippen LogP contribution in [0.25, 0.3) is 0 Å². The summed E-state index contributed by atoms with van der Waals surface area (Å²) in [5.41, 5.74) is 0.242. The van der Waals surface area contributed by atoms with Gasteiger partial charge in [0.1, 0.15) is 5.75 Å². The first-order valence-electron chi connectivity index (χ1n) is 7.19. The number of nitrogens with one attached hydrogen (secondary N) is 1. The van der Waals surface area contributed by atoms with Crippen LogP contribution in [0, 0.1) is 5.41 Å². The van der Waals surface area contributed by atoms with Gasteiger partial charge in [0.2, 0.25) is 5.91 Å². The van der Waals surface area contributed by atoms with Crippen molar-refractivity contribution >= 4 is 11.9 Å². The van der Waals surface area contributed by atoms with Gasteiger partial charge in [-0.3, -0.25) is 9.59 Å². The van der Waals surface area contributed by atoms with Gasteiger partial charge in [0.15, 0.2) is 0 Å². The van der Waals surface area contributed by atoms with Gasteiger partial charge in [-0.15, -0.1) is 0 Å². The number of carbonyl (C=O) groups excluding carboxylic acids is 1. The first kappa shape index (κ1) is 15.4. The van der Waals surface area contributed by atoms with Gasteiger partial charge in [0.05, 0.1) is 12.5 Å². The molecule has 5 nitrogen and oxygen atoms in total. The number of carboxylic acids is 1. The van der Waals surface area contributed by atoms with Crippen LogP contribution < -0.4 is 10.1 Å². The number of hydrogen-bond donors (Lipinski definition) is 2. The normalized spacial score (nSPS) is 15.9. The third-order valence-electron chi connectivity index (χ3n) is 4.20. The Balaban J connectivity index is 1.81. The maximum atomic E-state index is 11.9. The number of carbonyl (C=O) groups is 2.